The molecule has 1 aliphatic rings. The van der Waals surface area contributed by atoms with Gasteiger partial charge in [0.15, 0.2) is 0 Å². The van der Waals surface area contributed by atoms with Crippen LogP contribution in [-0.4, -0.2) is 12.5 Å². The fourth-order valence-electron chi connectivity index (χ4n) is 2.02. The molecule has 94 valence electrons. The van der Waals surface area contributed by atoms with Crippen molar-refractivity contribution in [2.45, 2.75) is 46.5 Å². The molecule has 1 heterocycles. The SMILES string of the molecule is CC.CCc1cccc(N2CCCCC2=O)c1. The molecule has 0 bridgehead atoms. The number of benzene rings is 1. The number of hydrogen-bond donors (Lipinski definition) is 0. The number of piperidine rings is 1. The predicted octanol–water partition coefficient (Wildman–Crippen LogP) is 3.79. The molecule has 0 unspecified atom stereocenters. The van der Waals surface area contributed by atoms with E-state index in [9.17, 15) is 4.79 Å². The van der Waals surface area contributed by atoms with Crippen LogP contribution in [0.1, 0.15) is 45.6 Å². The van der Waals surface area contributed by atoms with Crippen molar-refractivity contribution in [2.24, 2.45) is 0 Å². The first-order valence-electron chi connectivity index (χ1n) is 6.70. The van der Waals surface area contributed by atoms with E-state index in [2.05, 4.69) is 19.1 Å². The number of rotatable bonds is 2. The molecule has 17 heavy (non-hydrogen) atoms. The van der Waals surface area contributed by atoms with Crippen molar-refractivity contribution in [1.29, 1.82) is 0 Å². The summed E-state index contributed by atoms with van der Waals surface area (Å²) in [4.78, 5) is 13.6. The Morgan fingerprint density at radius 3 is 2.65 bits per heavy atom. The number of aryl methyl sites for hydroxylation is 1. The molecule has 0 aliphatic carbocycles. The fraction of sp³-hybridized carbons (Fsp3) is 0.533. The van der Waals surface area contributed by atoms with Crippen molar-refractivity contribution in [1.82, 2.24) is 0 Å². The van der Waals surface area contributed by atoms with Crippen LogP contribution >= 0.6 is 0 Å². The summed E-state index contributed by atoms with van der Waals surface area (Å²) in [5, 5.41) is 0. The van der Waals surface area contributed by atoms with Gasteiger partial charge in [0.1, 0.15) is 0 Å². The number of carbonyl (C=O) groups excluding carboxylic acids is 1. The van der Waals surface area contributed by atoms with E-state index in [4.69, 9.17) is 0 Å². The highest BCUT2D eigenvalue weighted by Crippen LogP contribution is 2.21. The molecule has 2 rings (SSSR count). The van der Waals surface area contributed by atoms with Crippen molar-refractivity contribution in [3.63, 3.8) is 0 Å². The molecular weight excluding hydrogens is 210 g/mol. The standard InChI is InChI=1S/C13H17NO.C2H6/c1-2-11-6-5-7-12(10-11)14-9-4-3-8-13(14)15;1-2/h5-7,10H,2-4,8-9H2,1H3;1-2H3. The molecule has 1 aliphatic heterocycles. The van der Waals surface area contributed by atoms with E-state index < -0.39 is 0 Å². The average molecular weight is 233 g/mol. The summed E-state index contributed by atoms with van der Waals surface area (Å²) in [5.74, 6) is 0.273. The minimum absolute atomic E-state index is 0.273. The van der Waals surface area contributed by atoms with Crippen LogP contribution in [0, 0.1) is 0 Å². The average Bonchev–Trinajstić information content (AvgIpc) is 2.42. The Bertz CT molecular complexity index is 360. The summed E-state index contributed by atoms with van der Waals surface area (Å²) in [6, 6.07) is 8.31. The normalized spacial score (nSPS) is 15.2. The molecule has 1 aromatic carbocycles. The zero-order valence-electron chi connectivity index (χ0n) is 11.2. The quantitative estimate of drug-likeness (QED) is 0.761. The molecule has 2 heteroatoms. The molecular formula is C15H23NO. The Hall–Kier alpha value is -1.31. The van der Waals surface area contributed by atoms with Crippen molar-refractivity contribution >= 4 is 11.6 Å². The summed E-state index contributed by atoms with van der Waals surface area (Å²) >= 11 is 0. The number of carbonyl (C=O) groups is 1. The summed E-state index contributed by atoms with van der Waals surface area (Å²) in [6.07, 6.45) is 3.90. The highest BCUT2D eigenvalue weighted by molar-refractivity contribution is 5.94. The Morgan fingerprint density at radius 2 is 2.00 bits per heavy atom. The lowest BCUT2D eigenvalue weighted by atomic mass is 10.1. The van der Waals surface area contributed by atoms with Gasteiger partial charge in [0.25, 0.3) is 0 Å². The zero-order chi connectivity index (χ0) is 12.7. The van der Waals surface area contributed by atoms with Crippen LogP contribution < -0.4 is 4.90 Å². The Morgan fingerprint density at radius 1 is 1.24 bits per heavy atom. The minimum atomic E-state index is 0.273. The maximum absolute atomic E-state index is 11.7. The third-order valence-corrected chi connectivity index (χ3v) is 2.95. The predicted molar refractivity (Wildman–Crippen MR) is 73.4 cm³/mol. The lowest BCUT2D eigenvalue weighted by Gasteiger charge is -2.27. The van der Waals surface area contributed by atoms with Gasteiger partial charge < -0.3 is 4.90 Å². The van der Waals surface area contributed by atoms with E-state index in [-0.39, 0.29) is 5.91 Å². The largest absolute Gasteiger partial charge is 0.312 e. The van der Waals surface area contributed by atoms with Crippen molar-refractivity contribution in [3.05, 3.63) is 29.8 Å². The summed E-state index contributed by atoms with van der Waals surface area (Å²) < 4.78 is 0. The van der Waals surface area contributed by atoms with Gasteiger partial charge in [-0.25, -0.2) is 0 Å². The third kappa shape index (κ3) is 3.58. The van der Waals surface area contributed by atoms with Crippen LogP contribution in [0.3, 0.4) is 0 Å². The van der Waals surface area contributed by atoms with Crippen LogP contribution in [0.25, 0.3) is 0 Å². The molecule has 0 N–H and O–H groups in total. The molecule has 1 aromatic rings. The molecule has 1 fully saturated rings. The van der Waals surface area contributed by atoms with Gasteiger partial charge in [-0.05, 0) is 37.0 Å². The van der Waals surface area contributed by atoms with Gasteiger partial charge in [-0.2, -0.15) is 0 Å². The number of anilines is 1. The van der Waals surface area contributed by atoms with Gasteiger partial charge in [0, 0.05) is 18.7 Å². The van der Waals surface area contributed by atoms with Gasteiger partial charge >= 0.3 is 0 Å². The molecule has 2 nitrogen and oxygen atoms in total. The smallest absolute Gasteiger partial charge is 0.226 e. The zero-order valence-corrected chi connectivity index (χ0v) is 11.2. The van der Waals surface area contributed by atoms with Gasteiger partial charge in [0.2, 0.25) is 5.91 Å². The third-order valence-electron chi connectivity index (χ3n) is 2.95. The summed E-state index contributed by atoms with van der Waals surface area (Å²) in [6.45, 7) is 7.02. The molecule has 0 atom stereocenters. The fourth-order valence-corrected chi connectivity index (χ4v) is 2.02. The molecule has 1 amide bonds. The van der Waals surface area contributed by atoms with E-state index in [1.165, 1.54) is 5.56 Å². The maximum atomic E-state index is 11.7. The lowest BCUT2D eigenvalue weighted by Crippen LogP contribution is -2.35. The first-order valence-corrected chi connectivity index (χ1v) is 6.70. The highest BCUT2D eigenvalue weighted by atomic mass is 16.2. The molecule has 1 saturated heterocycles. The Balaban J connectivity index is 0.000000686. The van der Waals surface area contributed by atoms with Crippen molar-refractivity contribution in [2.75, 3.05) is 11.4 Å². The second kappa shape index (κ2) is 7.10. The van der Waals surface area contributed by atoms with Crippen molar-refractivity contribution < 1.29 is 4.79 Å². The minimum Gasteiger partial charge on any atom is -0.312 e. The second-order valence-corrected chi connectivity index (χ2v) is 4.03. The van der Waals surface area contributed by atoms with E-state index in [0.29, 0.717) is 6.42 Å². The van der Waals surface area contributed by atoms with E-state index in [1.807, 2.05) is 30.9 Å². The van der Waals surface area contributed by atoms with Gasteiger partial charge in [-0.3, -0.25) is 4.79 Å². The second-order valence-electron chi connectivity index (χ2n) is 4.03. The van der Waals surface area contributed by atoms with E-state index in [0.717, 1.165) is 31.5 Å². The monoisotopic (exact) mass is 233 g/mol. The Kier molecular flexibility index (Phi) is 5.75. The Labute approximate surface area is 105 Å². The summed E-state index contributed by atoms with van der Waals surface area (Å²) in [7, 11) is 0. The first-order chi connectivity index (χ1) is 8.31. The maximum Gasteiger partial charge on any atom is 0.226 e. The summed E-state index contributed by atoms with van der Waals surface area (Å²) in [5.41, 5.74) is 2.37. The van der Waals surface area contributed by atoms with Crippen LogP contribution in [0.2, 0.25) is 0 Å². The molecule has 0 radical (unpaired) electrons. The van der Waals surface area contributed by atoms with Crippen LogP contribution in [0.5, 0.6) is 0 Å². The molecule has 0 spiro atoms. The van der Waals surface area contributed by atoms with Gasteiger partial charge in [-0.1, -0.05) is 32.9 Å². The molecule has 0 aromatic heterocycles. The van der Waals surface area contributed by atoms with Gasteiger partial charge in [-0.15, -0.1) is 0 Å². The van der Waals surface area contributed by atoms with Crippen molar-refractivity contribution in [3.8, 4) is 0 Å². The van der Waals surface area contributed by atoms with Crippen LogP contribution in [-0.2, 0) is 11.2 Å². The van der Waals surface area contributed by atoms with Gasteiger partial charge in [0.05, 0.1) is 0 Å². The van der Waals surface area contributed by atoms with E-state index >= 15 is 0 Å². The number of nitrogens with zero attached hydrogens (tertiary/aromatic N) is 1. The topological polar surface area (TPSA) is 20.3 Å². The number of hydrogen-bond acceptors (Lipinski definition) is 1. The lowest BCUT2D eigenvalue weighted by molar-refractivity contribution is -0.119. The van der Waals surface area contributed by atoms with Crippen LogP contribution in [0.15, 0.2) is 24.3 Å². The highest BCUT2D eigenvalue weighted by Gasteiger charge is 2.19. The first kappa shape index (κ1) is 13.8. The van der Waals surface area contributed by atoms with E-state index in [1.54, 1.807) is 0 Å². The van der Waals surface area contributed by atoms with Crippen LogP contribution in [0.4, 0.5) is 5.69 Å². The number of amides is 1. The molecule has 0 saturated carbocycles.